The lowest BCUT2D eigenvalue weighted by Gasteiger charge is -2.00. The van der Waals surface area contributed by atoms with Crippen molar-refractivity contribution in [3.05, 3.63) is 57.7 Å². The van der Waals surface area contributed by atoms with Gasteiger partial charge in [0.2, 0.25) is 11.3 Å². The monoisotopic (exact) mass is 309 g/mol. The number of aromatic amines is 1. The largest absolute Gasteiger partial charge is 0.360 e. The Hall–Kier alpha value is -2.73. The van der Waals surface area contributed by atoms with Crippen molar-refractivity contribution in [2.45, 2.75) is 6.92 Å². The Morgan fingerprint density at radius 3 is 3.00 bits per heavy atom. The Bertz CT molecular complexity index is 1020. The van der Waals surface area contributed by atoms with Gasteiger partial charge in [0.1, 0.15) is 5.56 Å². The fraction of sp³-hybridized carbons (Fsp3) is 0.0625. The molecule has 0 fully saturated rings. The molecular formula is C16H11N3O2S. The van der Waals surface area contributed by atoms with Crippen molar-refractivity contribution in [1.29, 1.82) is 0 Å². The summed E-state index contributed by atoms with van der Waals surface area (Å²) in [6.45, 7) is 1.95. The number of aromatic nitrogens is 3. The van der Waals surface area contributed by atoms with Crippen LogP contribution in [0.25, 0.3) is 33.1 Å². The molecule has 0 unspecified atom stereocenters. The van der Waals surface area contributed by atoms with Gasteiger partial charge in [-0.3, -0.25) is 4.79 Å². The van der Waals surface area contributed by atoms with Crippen molar-refractivity contribution in [3.8, 4) is 22.2 Å². The normalized spacial score (nSPS) is 11.1. The number of H-pyrrole nitrogens is 1. The smallest absolute Gasteiger partial charge is 0.263 e. The van der Waals surface area contributed by atoms with Crippen LogP contribution in [0.3, 0.4) is 0 Å². The average molecular weight is 309 g/mol. The molecule has 0 aliphatic carbocycles. The van der Waals surface area contributed by atoms with E-state index in [4.69, 9.17) is 4.52 Å². The molecule has 0 saturated heterocycles. The van der Waals surface area contributed by atoms with Gasteiger partial charge < -0.3 is 9.51 Å². The summed E-state index contributed by atoms with van der Waals surface area (Å²) in [5.41, 5.74) is 2.09. The van der Waals surface area contributed by atoms with Gasteiger partial charge in [-0.25, -0.2) is 0 Å². The molecule has 0 bridgehead atoms. The highest BCUT2D eigenvalue weighted by Gasteiger charge is 2.15. The topological polar surface area (TPSA) is 71.8 Å². The lowest BCUT2D eigenvalue weighted by Crippen LogP contribution is -2.06. The molecule has 0 atom stereocenters. The van der Waals surface area contributed by atoms with Gasteiger partial charge in [-0.05, 0) is 30.5 Å². The summed E-state index contributed by atoms with van der Waals surface area (Å²) >= 11 is 1.52. The fourth-order valence-corrected chi connectivity index (χ4v) is 2.98. The van der Waals surface area contributed by atoms with Crippen LogP contribution in [0.15, 0.2) is 51.2 Å². The average Bonchev–Trinajstić information content (AvgIpc) is 3.19. The van der Waals surface area contributed by atoms with E-state index in [1.54, 1.807) is 6.20 Å². The van der Waals surface area contributed by atoms with Crippen molar-refractivity contribution in [2.24, 2.45) is 0 Å². The number of rotatable bonds is 2. The number of nitrogens with one attached hydrogen (secondary N) is 1. The molecule has 0 saturated carbocycles. The van der Waals surface area contributed by atoms with Crippen LogP contribution in [0.2, 0.25) is 0 Å². The van der Waals surface area contributed by atoms with E-state index in [-0.39, 0.29) is 11.3 Å². The van der Waals surface area contributed by atoms with Crippen LogP contribution in [0.5, 0.6) is 0 Å². The second kappa shape index (κ2) is 4.92. The lowest BCUT2D eigenvalue weighted by molar-refractivity contribution is 0.432. The quantitative estimate of drug-likeness (QED) is 0.614. The third-order valence-electron chi connectivity index (χ3n) is 3.43. The van der Waals surface area contributed by atoms with Crippen molar-refractivity contribution in [1.82, 2.24) is 15.1 Å². The number of hydrogen-bond donors (Lipinski definition) is 1. The van der Waals surface area contributed by atoms with E-state index >= 15 is 0 Å². The molecule has 22 heavy (non-hydrogen) atoms. The molecule has 0 spiro atoms. The Morgan fingerprint density at radius 1 is 1.27 bits per heavy atom. The Morgan fingerprint density at radius 2 is 2.18 bits per heavy atom. The molecule has 1 aromatic carbocycles. The molecule has 0 aliphatic heterocycles. The van der Waals surface area contributed by atoms with Crippen LogP contribution in [0, 0.1) is 6.92 Å². The summed E-state index contributed by atoms with van der Waals surface area (Å²) in [4.78, 5) is 21.0. The molecule has 108 valence electrons. The van der Waals surface area contributed by atoms with Crippen molar-refractivity contribution < 1.29 is 4.52 Å². The van der Waals surface area contributed by atoms with E-state index in [2.05, 4.69) is 15.1 Å². The maximum Gasteiger partial charge on any atom is 0.263 e. The van der Waals surface area contributed by atoms with E-state index in [9.17, 15) is 4.79 Å². The number of fused-ring (bicyclic) bond motifs is 1. The molecular weight excluding hydrogens is 298 g/mol. The predicted molar refractivity (Wildman–Crippen MR) is 85.9 cm³/mol. The van der Waals surface area contributed by atoms with Gasteiger partial charge in [0.05, 0.1) is 4.88 Å². The zero-order chi connectivity index (χ0) is 15.1. The van der Waals surface area contributed by atoms with Crippen LogP contribution in [0.1, 0.15) is 5.56 Å². The number of nitrogens with zero attached hydrogens (tertiary/aromatic N) is 2. The van der Waals surface area contributed by atoms with Crippen molar-refractivity contribution in [3.63, 3.8) is 0 Å². The van der Waals surface area contributed by atoms with Crippen molar-refractivity contribution in [2.75, 3.05) is 0 Å². The number of hydrogen-bond acceptors (Lipinski definition) is 5. The molecule has 0 radical (unpaired) electrons. The minimum atomic E-state index is -0.112. The summed E-state index contributed by atoms with van der Waals surface area (Å²) in [7, 11) is 0. The molecule has 3 heterocycles. The van der Waals surface area contributed by atoms with Gasteiger partial charge in [-0.15, -0.1) is 11.3 Å². The molecule has 3 aromatic heterocycles. The maximum atomic E-state index is 12.6. The number of pyridine rings is 1. The second-order valence-corrected chi connectivity index (χ2v) is 5.93. The first-order valence-corrected chi connectivity index (χ1v) is 7.60. The summed E-state index contributed by atoms with van der Waals surface area (Å²) < 4.78 is 5.26. The molecule has 4 aromatic rings. The van der Waals surface area contributed by atoms with E-state index in [0.29, 0.717) is 16.8 Å². The zero-order valence-corrected chi connectivity index (χ0v) is 12.5. The Labute approximate surface area is 129 Å². The summed E-state index contributed by atoms with van der Waals surface area (Å²) in [5, 5.41) is 6.51. The predicted octanol–water partition coefficient (Wildman–Crippen LogP) is 3.62. The van der Waals surface area contributed by atoms with Gasteiger partial charge in [0.15, 0.2) is 0 Å². The SMILES string of the molecule is Cc1ccc2[nH]cc(-c3nc(-c4cccs4)no3)c(=O)c2c1. The van der Waals surface area contributed by atoms with Crippen LogP contribution in [-0.2, 0) is 0 Å². The Kier molecular flexibility index (Phi) is 2.90. The molecule has 5 nitrogen and oxygen atoms in total. The molecule has 4 rings (SSSR count). The lowest BCUT2D eigenvalue weighted by atomic mass is 10.1. The van der Waals surface area contributed by atoms with Crippen LogP contribution < -0.4 is 5.43 Å². The highest BCUT2D eigenvalue weighted by atomic mass is 32.1. The Balaban J connectivity index is 1.88. The summed E-state index contributed by atoms with van der Waals surface area (Å²) in [6.07, 6.45) is 1.62. The first-order valence-electron chi connectivity index (χ1n) is 6.72. The zero-order valence-electron chi connectivity index (χ0n) is 11.7. The molecule has 1 N–H and O–H groups in total. The second-order valence-electron chi connectivity index (χ2n) is 4.98. The van der Waals surface area contributed by atoms with Crippen LogP contribution in [-0.4, -0.2) is 15.1 Å². The van der Waals surface area contributed by atoms with Crippen molar-refractivity contribution >= 4 is 22.2 Å². The third kappa shape index (κ3) is 2.05. The maximum absolute atomic E-state index is 12.6. The van der Waals surface area contributed by atoms with Crippen LogP contribution in [0.4, 0.5) is 0 Å². The first kappa shape index (κ1) is 13.0. The van der Waals surface area contributed by atoms with Crippen LogP contribution >= 0.6 is 11.3 Å². The molecule has 0 amide bonds. The van der Waals surface area contributed by atoms with E-state index in [1.165, 1.54) is 11.3 Å². The molecule has 6 heteroatoms. The van der Waals surface area contributed by atoms with Gasteiger partial charge in [0.25, 0.3) is 5.89 Å². The first-order chi connectivity index (χ1) is 10.7. The minimum absolute atomic E-state index is 0.112. The van der Waals surface area contributed by atoms with E-state index in [0.717, 1.165) is 16.0 Å². The number of aryl methyl sites for hydroxylation is 1. The fourth-order valence-electron chi connectivity index (χ4n) is 2.33. The van der Waals surface area contributed by atoms with Gasteiger partial charge in [-0.1, -0.05) is 22.9 Å². The van der Waals surface area contributed by atoms with E-state index in [1.807, 2.05) is 42.6 Å². The highest BCUT2D eigenvalue weighted by molar-refractivity contribution is 7.13. The number of benzene rings is 1. The summed E-state index contributed by atoms with van der Waals surface area (Å²) in [6, 6.07) is 9.53. The summed E-state index contributed by atoms with van der Waals surface area (Å²) in [5.74, 6) is 0.724. The van der Waals surface area contributed by atoms with Gasteiger partial charge in [0, 0.05) is 17.1 Å². The minimum Gasteiger partial charge on any atom is -0.360 e. The highest BCUT2D eigenvalue weighted by Crippen LogP contribution is 2.24. The van der Waals surface area contributed by atoms with E-state index < -0.39 is 0 Å². The van der Waals surface area contributed by atoms with Gasteiger partial charge >= 0.3 is 0 Å². The standard InChI is InChI=1S/C16H11N3O2S/c1-9-4-5-12-10(7-9)14(20)11(8-17-12)16-18-15(19-21-16)13-3-2-6-22-13/h2-8H,1H3,(H,17,20). The number of thiophene rings is 1. The third-order valence-corrected chi connectivity index (χ3v) is 4.30. The van der Waals surface area contributed by atoms with Gasteiger partial charge in [-0.2, -0.15) is 4.98 Å². The molecule has 0 aliphatic rings.